The lowest BCUT2D eigenvalue weighted by Gasteiger charge is -2.18. The molecular weight excluding hydrogens is 244 g/mol. The average Bonchev–Trinajstić information content (AvgIpc) is 2.46. The molecule has 0 heterocycles. The molecule has 5 heteroatoms. The van der Waals surface area contributed by atoms with Gasteiger partial charge in [0.1, 0.15) is 5.75 Å². The molecule has 1 aromatic carbocycles. The first kappa shape index (κ1) is 15.0. The highest BCUT2D eigenvalue weighted by Crippen LogP contribution is 2.16. The van der Waals surface area contributed by atoms with Crippen molar-refractivity contribution in [1.82, 2.24) is 10.2 Å². The highest BCUT2D eigenvalue weighted by molar-refractivity contribution is 6.34. The van der Waals surface area contributed by atoms with Crippen molar-refractivity contribution in [1.29, 1.82) is 0 Å². The van der Waals surface area contributed by atoms with Crippen LogP contribution >= 0.6 is 0 Å². The van der Waals surface area contributed by atoms with E-state index in [1.165, 1.54) is 4.90 Å². The molecule has 0 bridgehead atoms. The Morgan fingerprint density at radius 3 is 2.42 bits per heavy atom. The Bertz CT molecular complexity index is 442. The summed E-state index contributed by atoms with van der Waals surface area (Å²) in [5.74, 6) is -0.396. The normalized spacial score (nSPS) is 9.84. The van der Waals surface area contributed by atoms with Crippen molar-refractivity contribution >= 4 is 11.8 Å². The molecule has 0 saturated heterocycles. The van der Waals surface area contributed by atoms with Crippen LogP contribution in [-0.4, -0.2) is 36.9 Å². The standard InChI is InChI=1S/C14H20N2O3/c1-4-16(5-2)14(18)13(17)15-10-11-8-6-7-9-12(11)19-3/h6-9H,4-5,10H2,1-3H3,(H,15,17). The fourth-order valence-electron chi connectivity index (χ4n) is 1.75. The fraction of sp³-hybridized carbons (Fsp3) is 0.429. The maximum Gasteiger partial charge on any atom is 0.311 e. The zero-order valence-corrected chi connectivity index (χ0v) is 11.6. The number of carbonyl (C=O) groups excluding carboxylic acids is 2. The van der Waals surface area contributed by atoms with Gasteiger partial charge in [-0.1, -0.05) is 18.2 Å². The summed E-state index contributed by atoms with van der Waals surface area (Å²) < 4.78 is 5.18. The summed E-state index contributed by atoms with van der Waals surface area (Å²) in [7, 11) is 1.57. The number of rotatable bonds is 5. The van der Waals surface area contributed by atoms with E-state index in [9.17, 15) is 9.59 Å². The molecule has 0 unspecified atom stereocenters. The van der Waals surface area contributed by atoms with Crippen molar-refractivity contribution in [3.8, 4) is 5.75 Å². The molecule has 1 rings (SSSR count). The number of ether oxygens (including phenoxy) is 1. The number of benzene rings is 1. The first-order valence-corrected chi connectivity index (χ1v) is 6.33. The van der Waals surface area contributed by atoms with Gasteiger partial charge < -0.3 is 15.0 Å². The van der Waals surface area contributed by atoms with E-state index in [4.69, 9.17) is 4.74 Å². The van der Waals surface area contributed by atoms with Crippen LogP contribution in [0.25, 0.3) is 0 Å². The predicted molar refractivity (Wildman–Crippen MR) is 72.8 cm³/mol. The Balaban J connectivity index is 2.61. The van der Waals surface area contributed by atoms with E-state index in [2.05, 4.69) is 5.32 Å². The Labute approximate surface area is 113 Å². The van der Waals surface area contributed by atoms with Crippen LogP contribution in [0.5, 0.6) is 5.75 Å². The van der Waals surface area contributed by atoms with Gasteiger partial charge in [-0.25, -0.2) is 0 Å². The van der Waals surface area contributed by atoms with Crippen LogP contribution in [-0.2, 0) is 16.1 Å². The highest BCUT2D eigenvalue weighted by Gasteiger charge is 2.18. The number of likely N-dealkylation sites (N-methyl/N-ethyl adjacent to an activating group) is 1. The van der Waals surface area contributed by atoms with Crippen LogP contribution in [0.4, 0.5) is 0 Å². The minimum absolute atomic E-state index is 0.274. The number of nitrogens with one attached hydrogen (secondary N) is 1. The lowest BCUT2D eigenvalue weighted by Crippen LogP contribution is -2.42. The van der Waals surface area contributed by atoms with Crippen molar-refractivity contribution in [3.63, 3.8) is 0 Å². The number of nitrogens with zero attached hydrogens (tertiary/aromatic N) is 1. The number of amides is 2. The van der Waals surface area contributed by atoms with E-state index in [0.29, 0.717) is 18.8 Å². The molecule has 0 spiro atoms. The Morgan fingerprint density at radius 2 is 1.84 bits per heavy atom. The van der Waals surface area contributed by atoms with Crippen LogP contribution in [0.15, 0.2) is 24.3 Å². The van der Waals surface area contributed by atoms with Crippen molar-refractivity contribution < 1.29 is 14.3 Å². The van der Waals surface area contributed by atoms with Crippen molar-refractivity contribution in [2.75, 3.05) is 20.2 Å². The number of methoxy groups -OCH3 is 1. The number of hydrogen-bond acceptors (Lipinski definition) is 3. The highest BCUT2D eigenvalue weighted by atomic mass is 16.5. The largest absolute Gasteiger partial charge is 0.496 e. The molecule has 1 N–H and O–H groups in total. The molecule has 19 heavy (non-hydrogen) atoms. The average molecular weight is 264 g/mol. The Kier molecular flexibility index (Phi) is 5.85. The molecule has 0 aliphatic carbocycles. The molecule has 104 valence electrons. The first-order chi connectivity index (χ1) is 9.13. The molecule has 0 radical (unpaired) electrons. The van der Waals surface area contributed by atoms with Crippen LogP contribution in [0, 0.1) is 0 Å². The van der Waals surface area contributed by atoms with Crippen LogP contribution in [0.3, 0.4) is 0 Å². The summed E-state index contributed by atoms with van der Waals surface area (Å²) >= 11 is 0. The molecular formula is C14H20N2O3. The van der Waals surface area contributed by atoms with Gasteiger partial charge in [-0.2, -0.15) is 0 Å². The minimum Gasteiger partial charge on any atom is -0.496 e. The Morgan fingerprint density at radius 1 is 1.21 bits per heavy atom. The van der Waals surface area contributed by atoms with Crippen LogP contribution < -0.4 is 10.1 Å². The second kappa shape index (κ2) is 7.41. The molecule has 0 fully saturated rings. The van der Waals surface area contributed by atoms with Gasteiger partial charge in [-0.15, -0.1) is 0 Å². The van der Waals surface area contributed by atoms with Gasteiger partial charge in [0.25, 0.3) is 0 Å². The summed E-state index contributed by atoms with van der Waals surface area (Å²) in [5, 5.41) is 2.61. The summed E-state index contributed by atoms with van der Waals surface area (Å²) in [6.07, 6.45) is 0. The van der Waals surface area contributed by atoms with Crippen LogP contribution in [0.2, 0.25) is 0 Å². The Hall–Kier alpha value is -2.04. The van der Waals surface area contributed by atoms with E-state index in [1.807, 2.05) is 38.1 Å². The summed E-state index contributed by atoms with van der Waals surface area (Å²) in [4.78, 5) is 25.0. The van der Waals surface area contributed by atoms with Crippen LogP contribution in [0.1, 0.15) is 19.4 Å². The monoisotopic (exact) mass is 264 g/mol. The van der Waals surface area contributed by atoms with Gasteiger partial charge >= 0.3 is 11.8 Å². The third kappa shape index (κ3) is 3.98. The van der Waals surface area contributed by atoms with Gasteiger partial charge in [-0.05, 0) is 19.9 Å². The molecule has 2 amide bonds. The minimum atomic E-state index is -0.588. The lowest BCUT2D eigenvalue weighted by atomic mass is 10.2. The second-order valence-electron chi connectivity index (χ2n) is 3.97. The van der Waals surface area contributed by atoms with E-state index in [0.717, 1.165) is 5.56 Å². The maximum atomic E-state index is 11.8. The molecule has 1 aromatic rings. The predicted octanol–water partition coefficient (Wildman–Crippen LogP) is 1.18. The first-order valence-electron chi connectivity index (χ1n) is 6.33. The number of carbonyl (C=O) groups is 2. The molecule has 0 aliphatic rings. The topological polar surface area (TPSA) is 58.6 Å². The molecule has 0 aliphatic heterocycles. The summed E-state index contributed by atoms with van der Waals surface area (Å²) in [6.45, 7) is 5.01. The SMILES string of the molecule is CCN(CC)C(=O)C(=O)NCc1ccccc1OC. The summed E-state index contributed by atoms with van der Waals surface area (Å²) in [5.41, 5.74) is 0.839. The van der Waals surface area contributed by atoms with Gasteiger partial charge in [0, 0.05) is 25.2 Å². The van der Waals surface area contributed by atoms with E-state index in [-0.39, 0.29) is 6.54 Å². The van der Waals surface area contributed by atoms with E-state index < -0.39 is 11.8 Å². The summed E-state index contributed by atoms with van der Waals surface area (Å²) in [6, 6.07) is 7.37. The van der Waals surface area contributed by atoms with Crippen molar-refractivity contribution in [2.24, 2.45) is 0 Å². The third-order valence-electron chi connectivity index (χ3n) is 2.88. The van der Waals surface area contributed by atoms with Gasteiger partial charge in [0.2, 0.25) is 0 Å². The smallest absolute Gasteiger partial charge is 0.311 e. The fourth-order valence-corrected chi connectivity index (χ4v) is 1.75. The maximum absolute atomic E-state index is 11.8. The number of hydrogen-bond donors (Lipinski definition) is 1. The molecule has 0 atom stereocenters. The van der Waals surface area contributed by atoms with E-state index in [1.54, 1.807) is 7.11 Å². The molecule has 0 saturated carbocycles. The third-order valence-corrected chi connectivity index (χ3v) is 2.88. The van der Waals surface area contributed by atoms with Crippen molar-refractivity contribution in [3.05, 3.63) is 29.8 Å². The zero-order valence-electron chi connectivity index (χ0n) is 11.6. The van der Waals surface area contributed by atoms with Gasteiger partial charge in [-0.3, -0.25) is 9.59 Å². The van der Waals surface area contributed by atoms with Gasteiger partial charge in [0.15, 0.2) is 0 Å². The van der Waals surface area contributed by atoms with E-state index >= 15 is 0 Å². The quantitative estimate of drug-likeness (QED) is 0.812. The molecule has 0 aromatic heterocycles. The van der Waals surface area contributed by atoms with Gasteiger partial charge in [0.05, 0.1) is 7.11 Å². The number of para-hydroxylation sites is 1. The molecule has 5 nitrogen and oxygen atoms in total. The zero-order chi connectivity index (χ0) is 14.3. The lowest BCUT2D eigenvalue weighted by molar-refractivity contribution is -0.145. The van der Waals surface area contributed by atoms with Crippen molar-refractivity contribution in [2.45, 2.75) is 20.4 Å². The second-order valence-corrected chi connectivity index (χ2v) is 3.97.